The summed E-state index contributed by atoms with van der Waals surface area (Å²) in [6.07, 6.45) is 6.21. The normalized spacial score (nSPS) is 14.9. The minimum absolute atomic E-state index is 0.0352. The Morgan fingerprint density at radius 3 is 2.64 bits per heavy atom. The minimum Gasteiger partial charge on any atom is -0.507 e. The third kappa shape index (κ3) is 3.40. The lowest BCUT2D eigenvalue weighted by atomic mass is 9.94. The van der Waals surface area contributed by atoms with Crippen molar-refractivity contribution < 1.29 is 14.3 Å². The first-order chi connectivity index (χ1) is 13.6. The molecule has 7 nitrogen and oxygen atoms in total. The quantitative estimate of drug-likeness (QED) is 0.717. The van der Waals surface area contributed by atoms with E-state index < -0.39 is 0 Å². The van der Waals surface area contributed by atoms with E-state index >= 15 is 0 Å². The summed E-state index contributed by atoms with van der Waals surface area (Å²) in [5.41, 5.74) is 1.57. The number of benzene rings is 1. The van der Waals surface area contributed by atoms with Crippen molar-refractivity contribution in [3.05, 3.63) is 36.1 Å². The van der Waals surface area contributed by atoms with Crippen LogP contribution in [0.2, 0.25) is 0 Å². The van der Waals surface area contributed by atoms with Crippen LogP contribution in [0.25, 0.3) is 22.2 Å². The van der Waals surface area contributed by atoms with Crippen LogP contribution in [0.15, 0.2) is 34.7 Å². The van der Waals surface area contributed by atoms with Crippen molar-refractivity contribution >= 4 is 22.7 Å². The van der Waals surface area contributed by atoms with Gasteiger partial charge in [-0.15, -0.1) is 10.2 Å². The predicted molar refractivity (Wildman–Crippen MR) is 108 cm³/mol. The van der Waals surface area contributed by atoms with E-state index in [1.807, 2.05) is 12.1 Å². The SMILES string of the molecule is CNC(=O)c1cc2cc(-c3ccc(N(C)C4CCCCC4)nn3)c(O)cc2o1. The van der Waals surface area contributed by atoms with Crippen LogP contribution in [0, 0.1) is 0 Å². The van der Waals surface area contributed by atoms with Crippen molar-refractivity contribution in [1.29, 1.82) is 0 Å². The van der Waals surface area contributed by atoms with Crippen LogP contribution < -0.4 is 10.2 Å². The van der Waals surface area contributed by atoms with Gasteiger partial charge in [0.1, 0.15) is 11.3 Å². The Morgan fingerprint density at radius 1 is 1.18 bits per heavy atom. The van der Waals surface area contributed by atoms with Crippen LogP contribution >= 0.6 is 0 Å². The van der Waals surface area contributed by atoms with Crippen molar-refractivity contribution in [1.82, 2.24) is 15.5 Å². The van der Waals surface area contributed by atoms with E-state index in [2.05, 4.69) is 27.5 Å². The molecule has 1 saturated carbocycles. The van der Waals surface area contributed by atoms with Gasteiger partial charge in [-0.2, -0.15) is 0 Å². The molecule has 1 aliphatic carbocycles. The number of carbonyl (C=O) groups excluding carboxylic acids is 1. The molecule has 1 aromatic carbocycles. The molecule has 7 heteroatoms. The fourth-order valence-electron chi connectivity index (χ4n) is 3.83. The molecule has 3 aromatic rings. The number of hydrogen-bond acceptors (Lipinski definition) is 6. The Morgan fingerprint density at radius 2 is 1.96 bits per heavy atom. The smallest absolute Gasteiger partial charge is 0.286 e. The summed E-state index contributed by atoms with van der Waals surface area (Å²) in [4.78, 5) is 14.0. The van der Waals surface area contributed by atoms with Gasteiger partial charge in [0.25, 0.3) is 5.91 Å². The largest absolute Gasteiger partial charge is 0.507 e. The van der Waals surface area contributed by atoms with Crippen molar-refractivity contribution in [3.63, 3.8) is 0 Å². The van der Waals surface area contributed by atoms with Crippen molar-refractivity contribution in [3.8, 4) is 17.0 Å². The summed E-state index contributed by atoms with van der Waals surface area (Å²) in [7, 11) is 3.61. The molecule has 0 atom stereocenters. The molecule has 2 N–H and O–H groups in total. The number of aromatic nitrogens is 2. The van der Waals surface area contributed by atoms with Crippen molar-refractivity contribution in [2.45, 2.75) is 38.1 Å². The molecule has 0 spiro atoms. The molecule has 0 unspecified atom stereocenters. The third-order valence-electron chi connectivity index (χ3n) is 5.50. The van der Waals surface area contributed by atoms with E-state index in [0.29, 0.717) is 22.9 Å². The van der Waals surface area contributed by atoms with Gasteiger partial charge in [0, 0.05) is 37.2 Å². The van der Waals surface area contributed by atoms with Crippen LogP contribution in [0.5, 0.6) is 5.75 Å². The molecule has 2 aromatic heterocycles. The summed E-state index contributed by atoms with van der Waals surface area (Å²) in [5, 5.41) is 22.4. The Bertz CT molecular complexity index is 991. The Balaban J connectivity index is 1.62. The lowest BCUT2D eigenvalue weighted by molar-refractivity contribution is 0.0938. The van der Waals surface area contributed by atoms with E-state index in [-0.39, 0.29) is 17.4 Å². The maximum Gasteiger partial charge on any atom is 0.286 e. The summed E-state index contributed by atoms with van der Waals surface area (Å²) in [5.74, 6) is 0.756. The summed E-state index contributed by atoms with van der Waals surface area (Å²) in [6.45, 7) is 0. The molecular weight excluding hydrogens is 356 g/mol. The second-order valence-electron chi connectivity index (χ2n) is 7.28. The van der Waals surface area contributed by atoms with Gasteiger partial charge >= 0.3 is 0 Å². The molecule has 28 heavy (non-hydrogen) atoms. The molecule has 0 radical (unpaired) electrons. The van der Waals surface area contributed by atoms with Crippen LogP contribution in [0.3, 0.4) is 0 Å². The zero-order valence-electron chi connectivity index (χ0n) is 16.1. The van der Waals surface area contributed by atoms with Gasteiger partial charge in [-0.05, 0) is 37.1 Å². The zero-order valence-corrected chi connectivity index (χ0v) is 16.1. The van der Waals surface area contributed by atoms with E-state index in [4.69, 9.17) is 4.42 Å². The summed E-state index contributed by atoms with van der Waals surface area (Å²) in [6, 6.07) is 9.22. The first-order valence-corrected chi connectivity index (χ1v) is 9.62. The average molecular weight is 380 g/mol. The van der Waals surface area contributed by atoms with E-state index in [0.717, 1.165) is 11.2 Å². The minimum atomic E-state index is -0.313. The molecular formula is C21H24N4O3. The second kappa shape index (κ2) is 7.50. The van der Waals surface area contributed by atoms with Gasteiger partial charge in [-0.1, -0.05) is 19.3 Å². The van der Waals surface area contributed by atoms with Crippen molar-refractivity contribution in [2.24, 2.45) is 0 Å². The maximum absolute atomic E-state index is 11.8. The molecule has 1 amide bonds. The average Bonchev–Trinajstić information content (AvgIpc) is 3.15. The van der Waals surface area contributed by atoms with Gasteiger partial charge in [0.2, 0.25) is 0 Å². The van der Waals surface area contributed by atoms with Gasteiger partial charge in [0.15, 0.2) is 11.6 Å². The highest BCUT2D eigenvalue weighted by molar-refractivity contribution is 5.97. The van der Waals surface area contributed by atoms with E-state index in [9.17, 15) is 9.90 Å². The number of fused-ring (bicyclic) bond motifs is 1. The van der Waals surface area contributed by atoms with Gasteiger partial charge < -0.3 is 19.7 Å². The van der Waals surface area contributed by atoms with E-state index in [1.165, 1.54) is 38.2 Å². The zero-order chi connectivity index (χ0) is 19.7. The third-order valence-corrected chi connectivity index (χ3v) is 5.50. The summed E-state index contributed by atoms with van der Waals surface area (Å²) < 4.78 is 5.50. The summed E-state index contributed by atoms with van der Waals surface area (Å²) >= 11 is 0. The van der Waals surface area contributed by atoms with Crippen LogP contribution in [-0.4, -0.2) is 41.3 Å². The monoisotopic (exact) mass is 380 g/mol. The van der Waals surface area contributed by atoms with Crippen LogP contribution in [0.4, 0.5) is 5.82 Å². The van der Waals surface area contributed by atoms with Crippen LogP contribution in [0.1, 0.15) is 42.7 Å². The van der Waals surface area contributed by atoms with E-state index in [1.54, 1.807) is 19.2 Å². The molecule has 1 aliphatic rings. The molecule has 1 fully saturated rings. The Hall–Kier alpha value is -3.09. The highest BCUT2D eigenvalue weighted by atomic mass is 16.3. The molecule has 0 saturated heterocycles. The number of nitrogens with one attached hydrogen (secondary N) is 1. The molecule has 0 aliphatic heterocycles. The Kier molecular flexibility index (Phi) is 4.90. The number of carbonyl (C=O) groups is 1. The standard InChI is InChI=1S/C21H24N4O3/c1-22-21(27)19-11-13-10-15(17(26)12-18(13)28-19)16-8-9-20(24-23-16)25(2)14-6-4-3-5-7-14/h8-12,14,26H,3-7H2,1-2H3,(H,22,27). The molecule has 4 rings (SSSR count). The highest BCUT2D eigenvalue weighted by Gasteiger charge is 2.20. The Labute approximate surface area is 163 Å². The van der Waals surface area contributed by atoms with Crippen molar-refractivity contribution in [2.75, 3.05) is 19.0 Å². The number of hydrogen-bond donors (Lipinski definition) is 2. The molecule has 0 bridgehead atoms. The van der Waals surface area contributed by atoms with Gasteiger partial charge in [-0.25, -0.2) is 0 Å². The number of phenols is 1. The number of nitrogens with zero attached hydrogens (tertiary/aromatic N) is 3. The number of rotatable bonds is 4. The maximum atomic E-state index is 11.8. The number of aromatic hydroxyl groups is 1. The highest BCUT2D eigenvalue weighted by Crippen LogP contribution is 2.34. The first-order valence-electron chi connectivity index (χ1n) is 9.62. The molecule has 146 valence electrons. The topological polar surface area (TPSA) is 91.5 Å². The lowest BCUT2D eigenvalue weighted by Crippen LogP contribution is -2.34. The fourth-order valence-corrected chi connectivity index (χ4v) is 3.83. The number of anilines is 1. The van der Waals surface area contributed by atoms with Gasteiger partial charge in [0.05, 0.1) is 5.69 Å². The molecule has 2 heterocycles. The fraction of sp³-hybridized carbons (Fsp3) is 0.381. The number of phenolic OH excluding ortho intramolecular Hbond substituents is 1. The number of furan rings is 1. The lowest BCUT2D eigenvalue weighted by Gasteiger charge is -2.31. The number of amides is 1. The van der Waals surface area contributed by atoms with Crippen LogP contribution in [-0.2, 0) is 0 Å². The van der Waals surface area contributed by atoms with Gasteiger partial charge in [-0.3, -0.25) is 4.79 Å². The first kappa shape index (κ1) is 18.3. The predicted octanol–water partition coefficient (Wildman–Crippen LogP) is 3.72. The second-order valence-corrected chi connectivity index (χ2v) is 7.28.